The van der Waals surface area contributed by atoms with Crippen LogP contribution in [0.3, 0.4) is 0 Å². The number of fused-ring (bicyclic) bond motifs is 1. The van der Waals surface area contributed by atoms with E-state index >= 15 is 0 Å². The summed E-state index contributed by atoms with van der Waals surface area (Å²) in [5.41, 5.74) is 2.37. The molecule has 0 spiro atoms. The van der Waals surface area contributed by atoms with Crippen molar-refractivity contribution in [2.24, 2.45) is 0 Å². The highest BCUT2D eigenvalue weighted by Crippen LogP contribution is 2.43. The van der Waals surface area contributed by atoms with E-state index in [2.05, 4.69) is 31.4 Å². The summed E-state index contributed by atoms with van der Waals surface area (Å²) < 4.78 is 13.9. The number of hydrogen-bond acceptors (Lipinski definition) is 3. The quantitative estimate of drug-likeness (QED) is 0.714. The first-order chi connectivity index (χ1) is 11.1. The second-order valence-corrected chi connectivity index (χ2v) is 6.62. The molecule has 1 atom stereocenters. The highest BCUT2D eigenvalue weighted by atomic mass is 79.9. The van der Waals surface area contributed by atoms with Crippen LogP contribution < -0.4 is 10.9 Å². The molecule has 1 aliphatic carbocycles. The van der Waals surface area contributed by atoms with Crippen LogP contribution in [0.2, 0.25) is 0 Å². The summed E-state index contributed by atoms with van der Waals surface area (Å²) in [6.45, 7) is 0. The van der Waals surface area contributed by atoms with Gasteiger partial charge in [0.1, 0.15) is 11.6 Å². The van der Waals surface area contributed by atoms with Gasteiger partial charge in [0.15, 0.2) is 5.78 Å². The normalized spacial score (nSPS) is 20.1. The van der Waals surface area contributed by atoms with Gasteiger partial charge in [-0.1, -0.05) is 6.07 Å². The molecule has 0 unspecified atom stereocenters. The topological polar surface area (TPSA) is 77.8 Å². The maximum atomic E-state index is 13.6. The van der Waals surface area contributed by atoms with Gasteiger partial charge in [-0.2, -0.15) is 0 Å². The number of aromatic amines is 2. The maximum absolute atomic E-state index is 13.6. The number of aromatic nitrogens is 2. The Morgan fingerprint density at radius 1 is 1.17 bits per heavy atom. The Bertz CT molecular complexity index is 912. The molecule has 4 rings (SSSR count). The third kappa shape index (κ3) is 2.18. The zero-order chi connectivity index (χ0) is 16.1. The van der Waals surface area contributed by atoms with Gasteiger partial charge in [-0.3, -0.25) is 19.8 Å². The molecule has 3 N–H and O–H groups in total. The second-order valence-electron chi connectivity index (χ2n) is 5.77. The minimum atomic E-state index is -0.485. The molecule has 1 aromatic carbocycles. The summed E-state index contributed by atoms with van der Waals surface area (Å²) in [6.07, 6.45) is 2.01. The Morgan fingerprint density at radius 3 is 2.78 bits per heavy atom. The lowest BCUT2D eigenvalue weighted by atomic mass is 9.77. The molecule has 2 heterocycles. The predicted octanol–water partition coefficient (Wildman–Crippen LogP) is 3.17. The van der Waals surface area contributed by atoms with E-state index in [0.29, 0.717) is 33.4 Å². The standard InChI is InChI=1S/C16H13BrFN3O2/c17-8-6-7(4-5-9(8)18)12-13-10(2-1-3-11(13)22)19-15-14(12)16(23)21-20-15/h4-6,12H,1-3H2,(H3,19,20,21,23)/t12-/m1/s1. The van der Waals surface area contributed by atoms with Crippen molar-refractivity contribution >= 4 is 27.5 Å². The van der Waals surface area contributed by atoms with Crippen LogP contribution in [0.4, 0.5) is 10.2 Å². The molecule has 7 heteroatoms. The number of ketones is 1. The van der Waals surface area contributed by atoms with Crippen LogP contribution in [-0.2, 0) is 4.79 Å². The Hall–Kier alpha value is -2.15. The van der Waals surface area contributed by atoms with Crippen molar-refractivity contribution in [1.82, 2.24) is 10.2 Å². The molecule has 0 saturated heterocycles. The first-order valence-corrected chi connectivity index (χ1v) is 8.14. The molecular formula is C16H13BrFN3O2. The number of rotatable bonds is 1. The summed E-state index contributed by atoms with van der Waals surface area (Å²) in [5.74, 6) is -0.250. The van der Waals surface area contributed by atoms with Gasteiger partial charge < -0.3 is 5.32 Å². The minimum Gasteiger partial charge on any atom is -0.343 e. The van der Waals surface area contributed by atoms with Gasteiger partial charge in [0.25, 0.3) is 5.56 Å². The average Bonchev–Trinajstić information content (AvgIpc) is 2.90. The summed E-state index contributed by atoms with van der Waals surface area (Å²) in [4.78, 5) is 24.7. The van der Waals surface area contributed by atoms with Gasteiger partial charge >= 0.3 is 0 Å². The lowest BCUT2D eigenvalue weighted by Gasteiger charge is -2.31. The van der Waals surface area contributed by atoms with Gasteiger partial charge in [0, 0.05) is 23.6 Å². The Labute approximate surface area is 139 Å². The number of carbonyl (C=O) groups is 1. The van der Waals surface area contributed by atoms with E-state index in [-0.39, 0.29) is 17.2 Å². The lowest BCUT2D eigenvalue weighted by Crippen LogP contribution is -2.29. The van der Waals surface area contributed by atoms with E-state index in [1.807, 2.05) is 0 Å². The highest BCUT2D eigenvalue weighted by Gasteiger charge is 2.37. The number of anilines is 1. The van der Waals surface area contributed by atoms with Gasteiger partial charge in [0.2, 0.25) is 0 Å². The fraction of sp³-hybridized carbons (Fsp3) is 0.250. The largest absolute Gasteiger partial charge is 0.343 e. The first-order valence-electron chi connectivity index (χ1n) is 7.35. The van der Waals surface area contributed by atoms with Crippen molar-refractivity contribution in [2.75, 3.05) is 5.32 Å². The average molecular weight is 378 g/mol. The van der Waals surface area contributed by atoms with Crippen LogP contribution in [0.5, 0.6) is 0 Å². The predicted molar refractivity (Wildman–Crippen MR) is 86.9 cm³/mol. The number of Topliss-reactive ketones (excluding diaryl/α,β-unsaturated/α-hetero) is 1. The molecule has 0 fully saturated rings. The van der Waals surface area contributed by atoms with Crippen LogP contribution in [0.15, 0.2) is 38.7 Å². The Morgan fingerprint density at radius 2 is 2.00 bits per heavy atom. The third-order valence-corrected chi connectivity index (χ3v) is 5.01. The maximum Gasteiger partial charge on any atom is 0.270 e. The van der Waals surface area contributed by atoms with Gasteiger partial charge in [0.05, 0.1) is 10.0 Å². The molecule has 118 valence electrons. The molecule has 1 aromatic heterocycles. The Kier molecular flexibility index (Phi) is 3.26. The van der Waals surface area contributed by atoms with Crippen LogP contribution >= 0.6 is 15.9 Å². The monoisotopic (exact) mass is 377 g/mol. The van der Waals surface area contributed by atoms with E-state index in [4.69, 9.17) is 0 Å². The summed E-state index contributed by atoms with van der Waals surface area (Å²) in [7, 11) is 0. The molecule has 23 heavy (non-hydrogen) atoms. The molecule has 0 bridgehead atoms. The molecular weight excluding hydrogens is 365 g/mol. The molecule has 0 radical (unpaired) electrons. The molecule has 5 nitrogen and oxygen atoms in total. The van der Waals surface area contributed by atoms with Gasteiger partial charge in [-0.05, 0) is 46.5 Å². The van der Waals surface area contributed by atoms with Crippen LogP contribution in [0.1, 0.15) is 36.3 Å². The van der Waals surface area contributed by atoms with E-state index in [1.165, 1.54) is 6.07 Å². The fourth-order valence-corrected chi connectivity index (χ4v) is 3.79. The van der Waals surface area contributed by atoms with Crippen molar-refractivity contribution < 1.29 is 9.18 Å². The number of H-pyrrole nitrogens is 2. The highest BCUT2D eigenvalue weighted by molar-refractivity contribution is 9.10. The zero-order valence-electron chi connectivity index (χ0n) is 12.0. The molecule has 1 aliphatic heterocycles. The smallest absolute Gasteiger partial charge is 0.270 e. The van der Waals surface area contributed by atoms with E-state index in [1.54, 1.807) is 12.1 Å². The van der Waals surface area contributed by atoms with Crippen LogP contribution in [0.25, 0.3) is 0 Å². The van der Waals surface area contributed by atoms with Crippen molar-refractivity contribution in [3.63, 3.8) is 0 Å². The van der Waals surface area contributed by atoms with E-state index in [9.17, 15) is 14.0 Å². The Balaban J connectivity index is 1.97. The molecule has 2 aliphatic rings. The molecule has 0 saturated carbocycles. The second kappa shape index (κ2) is 5.19. The summed E-state index contributed by atoms with van der Waals surface area (Å²) in [6, 6.07) is 4.60. The molecule has 2 aromatic rings. The SMILES string of the molecule is O=C1CCCC2=C1[C@@H](c1ccc(F)c(Br)c1)c1c([nH][nH]c1=O)N2. The summed E-state index contributed by atoms with van der Waals surface area (Å²) in [5, 5.41) is 8.54. The van der Waals surface area contributed by atoms with Crippen LogP contribution in [-0.4, -0.2) is 16.0 Å². The van der Waals surface area contributed by atoms with E-state index in [0.717, 1.165) is 18.5 Å². The fourth-order valence-electron chi connectivity index (χ4n) is 3.39. The number of hydrogen-bond donors (Lipinski definition) is 3. The first kappa shape index (κ1) is 14.4. The number of nitrogens with one attached hydrogen (secondary N) is 3. The number of halogens is 2. The number of benzene rings is 1. The minimum absolute atomic E-state index is 0.0375. The van der Waals surface area contributed by atoms with Crippen molar-refractivity contribution in [1.29, 1.82) is 0 Å². The van der Waals surface area contributed by atoms with Gasteiger partial charge in [-0.15, -0.1) is 0 Å². The third-order valence-electron chi connectivity index (χ3n) is 4.40. The van der Waals surface area contributed by atoms with Gasteiger partial charge in [-0.25, -0.2) is 4.39 Å². The summed E-state index contributed by atoms with van der Waals surface area (Å²) >= 11 is 3.18. The zero-order valence-corrected chi connectivity index (χ0v) is 13.6. The van der Waals surface area contributed by atoms with Crippen molar-refractivity contribution in [3.05, 3.63) is 61.2 Å². The number of carbonyl (C=O) groups excluding carboxylic acids is 1. The van der Waals surface area contributed by atoms with Crippen molar-refractivity contribution in [3.8, 4) is 0 Å². The lowest BCUT2D eigenvalue weighted by molar-refractivity contribution is -0.116. The molecule has 0 amide bonds. The number of allylic oxidation sites excluding steroid dienone is 2. The van der Waals surface area contributed by atoms with Crippen LogP contribution in [0, 0.1) is 5.82 Å². The van der Waals surface area contributed by atoms with E-state index < -0.39 is 5.92 Å². The van der Waals surface area contributed by atoms with Crippen molar-refractivity contribution in [2.45, 2.75) is 25.2 Å².